The highest BCUT2D eigenvalue weighted by atomic mass is 19.1. The van der Waals surface area contributed by atoms with E-state index in [1.807, 2.05) is 31.6 Å². The molecule has 2 N–H and O–H groups in total. The molecular formula is C16H22FN3O. The van der Waals surface area contributed by atoms with Crippen LogP contribution in [0.15, 0.2) is 18.2 Å². The summed E-state index contributed by atoms with van der Waals surface area (Å²) in [6.45, 7) is 4.05. The van der Waals surface area contributed by atoms with Gasteiger partial charge in [-0.1, -0.05) is 6.07 Å². The van der Waals surface area contributed by atoms with E-state index >= 15 is 0 Å². The minimum atomic E-state index is -0.376. The summed E-state index contributed by atoms with van der Waals surface area (Å²) >= 11 is 0. The zero-order valence-electron chi connectivity index (χ0n) is 13.0. The van der Waals surface area contributed by atoms with Gasteiger partial charge < -0.3 is 10.5 Å². The third kappa shape index (κ3) is 3.24. The van der Waals surface area contributed by atoms with Crippen LogP contribution in [0.4, 0.5) is 4.39 Å². The van der Waals surface area contributed by atoms with Crippen molar-refractivity contribution in [3.05, 3.63) is 46.5 Å². The Balaban J connectivity index is 2.08. The normalized spacial score (nSPS) is 12.5. The second-order valence-corrected chi connectivity index (χ2v) is 5.31. The van der Waals surface area contributed by atoms with Crippen LogP contribution in [0.3, 0.4) is 0 Å². The minimum absolute atomic E-state index is 0.204. The number of halogens is 1. The first-order valence-electron chi connectivity index (χ1n) is 7.02. The molecule has 0 aliphatic heterocycles. The Morgan fingerprint density at radius 2 is 2.10 bits per heavy atom. The molecule has 1 aromatic heterocycles. The van der Waals surface area contributed by atoms with Crippen molar-refractivity contribution in [1.29, 1.82) is 0 Å². The van der Waals surface area contributed by atoms with Crippen molar-refractivity contribution in [2.45, 2.75) is 32.7 Å². The maximum absolute atomic E-state index is 13.7. The predicted octanol–water partition coefficient (Wildman–Crippen LogP) is 2.82. The molecule has 1 atom stereocenters. The van der Waals surface area contributed by atoms with Crippen LogP contribution in [0.1, 0.15) is 35.0 Å². The van der Waals surface area contributed by atoms with Crippen molar-refractivity contribution < 1.29 is 9.13 Å². The van der Waals surface area contributed by atoms with Crippen LogP contribution in [0, 0.1) is 19.7 Å². The van der Waals surface area contributed by atoms with Gasteiger partial charge in [0, 0.05) is 18.8 Å². The minimum Gasteiger partial charge on any atom is -0.494 e. The van der Waals surface area contributed by atoms with Crippen molar-refractivity contribution >= 4 is 0 Å². The Kier molecular flexibility index (Phi) is 4.63. The van der Waals surface area contributed by atoms with Crippen LogP contribution in [0.25, 0.3) is 0 Å². The SMILES string of the molecule is COc1ccc(C(N)CCc2c(C)nn(C)c2C)cc1F. The number of aromatic nitrogens is 2. The van der Waals surface area contributed by atoms with Crippen LogP contribution in [-0.4, -0.2) is 16.9 Å². The van der Waals surface area contributed by atoms with Crippen LogP contribution in [0.5, 0.6) is 5.75 Å². The molecule has 1 heterocycles. The fraction of sp³-hybridized carbons (Fsp3) is 0.438. The Labute approximate surface area is 124 Å². The fourth-order valence-corrected chi connectivity index (χ4v) is 2.56. The molecule has 0 aliphatic rings. The van der Waals surface area contributed by atoms with E-state index in [0.29, 0.717) is 0 Å². The maximum atomic E-state index is 13.7. The van der Waals surface area contributed by atoms with E-state index in [9.17, 15) is 4.39 Å². The van der Waals surface area contributed by atoms with Crippen molar-refractivity contribution in [1.82, 2.24) is 9.78 Å². The van der Waals surface area contributed by atoms with Crippen molar-refractivity contribution in [3.63, 3.8) is 0 Å². The van der Waals surface area contributed by atoms with E-state index in [2.05, 4.69) is 5.10 Å². The first-order valence-corrected chi connectivity index (χ1v) is 7.02. The average molecular weight is 291 g/mol. The third-order valence-electron chi connectivity index (χ3n) is 3.97. The number of aryl methyl sites for hydroxylation is 2. The van der Waals surface area contributed by atoms with E-state index in [1.54, 1.807) is 6.07 Å². The molecule has 2 rings (SSSR count). The van der Waals surface area contributed by atoms with Gasteiger partial charge in [-0.3, -0.25) is 4.68 Å². The molecule has 2 aromatic rings. The zero-order chi connectivity index (χ0) is 15.6. The summed E-state index contributed by atoms with van der Waals surface area (Å²) in [6.07, 6.45) is 1.58. The van der Waals surface area contributed by atoms with E-state index in [0.717, 1.165) is 29.8 Å². The Hall–Kier alpha value is -1.88. The molecular weight excluding hydrogens is 269 g/mol. The zero-order valence-corrected chi connectivity index (χ0v) is 13.0. The molecule has 0 radical (unpaired) electrons. The van der Waals surface area contributed by atoms with Gasteiger partial charge in [-0.25, -0.2) is 4.39 Å². The largest absolute Gasteiger partial charge is 0.494 e. The molecule has 114 valence electrons. The highest BCUT2D eigenvalue weighted by Gasteiger charge is 2.14. The average Bonchev–Trinajstić information content (AvgIpc) is 2.69. The molecule has 0 amide bonds. The Morgan fingerprint density at radius 3 is 2.62 bits per heavy atom. The molecule has 0 fully saturated rings. The van der Waals surface area contributed by atoms with E-state index in [4.69, 9.17) is 10.5 Å². The Bertz CT molecular complexity index is 637. The number of rotatable bonds is 5. The van der Waals surface area contributed by atoms with E-state index < -0.39 is 0 Å². The lowest BCUT2D eigenvalue weighted by atomic mass is 9.98. The summed E-state index contributed by atoms with van der Waals surface area (Å²) in [5.41, 5.74) is 10.4. The summed E-state index contributed by atoms with van der Waals surface area (Å²) in [7, 11) is 3.39. The lowest BCUT2D eigenvalue weighted by Gasteiger charge is -2.13. The van der Waals surface area contributed by atoms with Gasteiger partial charge in [0.05, 0.1) is 12.8 Å². The first-order chi connectivity index (χ1) is 9.93. The third-order valence-corrected chi connectivity index (χ3v) is 3.97. The number of hydrogen-bond acceptors (Lipinski definition) is 3. The highest BCUT2D eigenvalue weighted by Crippen LogP contribution is 2.24. The van der Waals surface area contributed by atoms with Gasteiger partial charge in [0.1, 0.15) is 0 Å². The molecule has 0 spiro atoms. The fourth-order valence-electron chi connectivity index (χ4n) is 2.56. The number of methoxy groups -OCH3 is 1. The molecule has 4 nitrogen and oxygen atoms in total. The quantitative estimate of drug-likeness (QED) is 0.921. The lowest BCUT2D eigenvalue weighted by Crippen LogP contribution is -2.12. The molecule has 0 bridgehead atoms. The van der Waals surface area contributed by atoms with Crippen LogP contribution < -0.4 is 10.5 Å². The monoisotopic (exact) mass is 291 g/mol. The van der Waals surface area contributed by atoms with Gasteiger partial charge >= 0.3 is 0 Å². The predicted molar refractivity (Wildman–Crippen MR) is 80.9 cm³/mol. The van der Waals surface area contributed by atoms with Gasteiger partial charge in [0.25, 0.3) is 0 Å². The summed E-state index contributed by atoms with van der Waals surface area (Å²) < 4.78 is 20.5. The smallest absolute Gasteiger partial charge is 0.165 e. The standard InChI is InChI=1S/C16H22FN3O/c1-10-13(11(2)20(3)19-10)6-7-15(18)12-5-8-16(21-4)14(17)9-12/h5,8-9,15H,6-7,18H2,1-4H3. The van der Waals surface area contributed by atoms with Gasteiger partial charge in [0.2, 0.25) is 0 Å². The Morgan fingerprint density at radius 1 is 1.38 bits per heavy atom. The molecule has 5 heteroatoms. The van der Waals surface area contributed by atoms with E-state index in [-0.39, 0.29) is 17.6 Å². The number of nitrogens with two attached hydrogens (primary N) is 1. The number of ether oxygens (including phenoxy) is 1. The van der Waals surface area contributed by atoms with Crippen molar-refractivity contribution in [2.24, 2.45) is 12.8 Å². The summed E-state index contributed by atoms with van der Waals surface area (Å²) in [5.74, 6) is -0.135. The van der Waals surface area contributed by atoms with Gasteiger partial charge in [-0.15, -0.1) is 0 Å². The van der Waals surface area contributed by atoms with Crippen LogP contribution in [-0.2, 0) is 13.5 Å². The van der Waals surface area contributed by atoms with Gasteiger partial charge in [-0.2, -0.15) is 5.10 Å². The molecule has 0 saturated heterocycles. The number of hydrogen-bond donors (Lipinski definition) is 1. The number of benzene rings is 1. The molecule has 0 aliphatic carbocycles. The topological polar surface area (TPSA) is 53.1 Å². The lowest BCUT2D eigenvalue weighted by molar-refractivity contribution is 0.385. The van der Waals surface area contributed by atoms with Crippen molar-refractivity contribution in [2.75, 3.05) is 7.11 Å². The first kappa shape index (κ1) is 15.5. The summed E-state index contributed by atoms with van der Waals surface area (Å²) in [6, 6.07) is 4.68. The maximum Gasteiger partial charge on any atom is 0.165 e. The highest BCUT2D eigenvalue weighted by molar-refractivity contribution is 5.31. The second-order valence-electron chi connectivity index (χ2n) is 5.31. The van der Waals surface area contributed by atoms with E-state index in [1.165, 1.54) is 18.7 Å². The molecule has 0 saturated carbocycles. The molecule has 1 aromatic carbocycles. The van der Waals surface area contributed by atoms with Gasteiger partial charge in [-0.05, 0) is 49.9 Å². The summed E-state index contributed by atoms with van der Waals surface area (Å²) in [5, 5.41) is 4.40. The van der Waals surface area contributed by atoms with Crippen LogP contribution in [0.2, 0.25) is 0 Å². The molecule has 21 heavy (non-hydrogen) atoms. The second kappa shape index (κ2) is 6.26. The molecule has 1 unspecified atom stereocenters. The van der Waals surface area contributed by atoms with Crippen LogP contribution >= 0.6 is 0 Å². The number of nitrogens with zero attached hydrogens (tertiary/aromatic N) is 2. The summed E-state index contributed by atoms with van der Waals surface area (Å²) in [4.78, 5) is 0. The van der Waals surface area contributed by atoms with Crippen molar-refractivity contribution in [3.8, 4) is 5.75 Å². The van der Waals surface area contributed by atoms with Gasteiger partial charge in [0.15, 0.2) is 11.6 Å².